The molecule has 0 bridgehead atoms. The van der Waals surface area contributed by atoms with Crippen LogP contribution >= 0.6 is 23.2 Å². The maximum absolute atomic E-state index is 12.0. The molecular formula is C20H38Cl2N2O4. The van der Waals surface area contributed by atoms with Gasteiger partial charge >= 0.3 is 12.0 Å². The summed E-state index contributed by atoms with van der Waals surface area (Å²) >= 11 is 11.1. The van der Waals surface area contributed by atoms with E-state index in [9.17, 15) is 9.59 Å². The minimum absolute atomic E-state index is 0.107. The van der Waals surface area contributed by atoms with Crippen LogP contribution in [0.4, 0.5) is 4.79 Å². The zero-order valence-electron chi connectivity index (χ0n) is 18.2. The minimum atomic E-state index is -1.28. The molecule has 0 aliphatic rings. The number of amides is 2. The molecule has 0 saturated carbocycles. The van der Waals surface area contributed by atoms with Crippen LogP contribution in [0.15, 0.2) is 0 Å². The number of hydrogen-bond donors (Lipinski definition) is 2. The standard InChI is InChI=1S/C20H38Cl2N2O4/c1-7-8-10-20(5,6)11-9-12-23-18(26)24-13-15(14-27-19(2,3)4)28-17(25)16(21)22/h15-16H,7-14H2,1-6H3,(H2,23,24,26). The summed E-state index contributed by atoms with van der Waals surface area (Å²) in [4.78, 5) is 22.4. The van der Waals surface area contributed by atoms with Gasteiger partial charge in [0, 0.05) is 6.54 Å². The summed E-state index contributed by atoms with van der Waals surface area (Å²) < 4.78 is 10.8. The number of ether oxygens (including phenoxy) is 2. The monoisotopic (exact) mass is 440 g/mol. The summed E-state index contributed by atoms with van der Waals surface area (Å²) in [7, 11) is 0. The van der Waals surface area contributed by atoms with E-state index in [1.165, 1.54) is 19.3 Å². The van der Waals surface area contributed by atoms with Gasteiger partial charge in [-0.2, -0.15) is 0 Å². The molecule has 166 valence electrons. The van der Waals surface area contributed by atoms with E-state index >= 15 is 0 Å². The lowest BCUT2D eigenvalue weighted by atomic mass is 9.83. The van der Waals surface area contributed by atoms with Crippen molar-refractivity contribution in [3.8, 4) is 0 Å². The lowest BCUT2D eigenvalue weighted by molar-refractivity contribution is -0.152. The second kappa shape index (κ2) is 13.5. The molecule has 0 aliphatic carbocycles. The smallest absolute Gasteiger partial charge is 0.339 e. The van der Waals surface area contributed by atoms with E-state index in [1.807, 2.05) is 20.8 Å². The molecule has 0 fully saturated rings. The Balaban J connectivity index is 4.29. The van der Waals surface area contributed by atoms with Crippen LogP contribution in [0.25, 0.3) is 0 Å². The number of hydrogen-bond acceptors (Lipinski definition) is 4. The predicted molar refractivity (Wildman–Crippen MR) is 115 cm³/mol. The van der Waals surface area contributed by atoms with Crippen molar-refractivity contribution in [2.75, 3.05) is 19.7 Å². The number of esters is 1. The van der Waals surface area contributed by atoms with Gasteiger partial charge in [-0.3, -0.25) is 0 Å². The molecule has 0 heterocycles. The third-order valence-electron chi connectivity index (χ3n) is 4.18. The molecule has 0 aromatic rings. The van der Waals surface area contributed by atoms with E-state index in [2.05, 4.69) is 31.4 Å². The van der Waals surface area contributed by atoms with Gasteiger partial charge in [0.05, 0.1) is 18.8 Å². The number of rotatable bonds is 13. The molecule has 0 aromatic carbocycles. The first-order valence-electron chi connectivity index (χ1n) is 10.0. The van der Waals surface area contributed by atoms with Crippen LogP contribution in [-0.4, -0.2) is 48.2 Å². The van der Waals surface area contributed by atoms with Crippen LogP contribution in [0, 0.1) is 5.41 Å². The summed E-state index contributed by atoms with van der Waals surface area (Å²) in [6.07, 6.45) is 4.91. The van der Waals surface area contributed by atoms with E-state index in [0.29, 0.717) is 6.54 Å². The van der Waals surface area contributed by atoms with Crippen LogP contribution in [0.5, 0.6) is 0 Å². The van der Waals surface area contributed by atoms with Crippen LogP contribution in [0.1, 0.15) is 73.6 Å². The molecule has 0 saturated heterocycles. The van der Waals surface area contributed by atoms with Crippen molar-refractivity contribution in [2.45, 2.75) is 90.2 Å². The van der Waals surface area contributed by atoms with Gasteiger partial charge in [0.15, 0.2) is 0 Å². The number of alkyl halides is 2. The van der Waals surface area contributed by atoms with E-state index in [0.717, 1.165) is 12.8 Å². The third-order valence-corrected chi connectivity index (χ3v) is 4.53. The van der Waals surface area contributed by atoms with Crippen LogP contribution in [-0.2, 0) is 14.3 Å². The highest BCUT2D eigenvalue weighted by atomic mass is 35.5. The van der Waals surface area contributed by atoms with E-state index < -0.39 is 22.5 Å². The van der Waals surface area contributed by atoms with E-state index in [1.54, 1.807) is 0 Å². The number of carbonyl (C=O) groups is 2. The van der Waals surface area contributed by atoms with Crippen molar-refractivity contribution >= 4 is 35.2 Å². The maximum atomic E-state index is 12.0. The highest BCUT2D eigenvalue weighted by Gasteiger charge is 2.23. The predicted octanol–water partition coefficient (Wildman–Crippen LogP) is 4.81. The molecule has 8 heteroatoms. The van der Waals surface area contributed by atoms with Gasteiger partial charge in [0.1, 0.15) is 6.10 Å². The second-order valence-corrected chi connectivity index (χ2v) is 9.89. The summed E-state index contributed by atoms with van der Waals surface area (Å²) in [5.74, 6) is -0.762. The molecule has 0 aromatic heterocycles. The Hall–Kier alpha value is -0.720. The zero-order valence-corrected chi connectivity index (χ0v) is 19.7. The average molecular weight is 441 g/mol. The van der Waals surface area contributed by atoms with Gasteiger partial charge < -0.3 is 20.1 Å². The van der Waals surface area contributed by atoms with Crippen molar-refractivity contribution in [1.29, 1.82) is 0 Å². The minimum Gasteiger partial charge on any atom is -0.456 e. The molecule has 2 amide bonds. The van der Waals surface area contributed by atoms with Gasteiger partial charge in [-0.05, 0) is 45.4 Å². The molecule has 0 radical (unpaired) electrons. The van der Waals surface area contributed by atoms with Gasteiger partial charge in [-0.25, -0.2) is 9.59 Å². The Morgan fingerprint density at radius 3 is 2.14 bits per heavy atom. The summed E-state index contributed by atoms with van der Waals surface area (Å²) in [5, 5.41) is 5.53. The molecule has 2 N–H and O–H groups in total. The van der Waals surface area contributed by atoms with Crippen molar-refractivity contribution in [3.63, 3.8) is 0 Å². The molecule has 0 aliphatic heterocycles. The number of halogens is 2. The molecule has 1 atom stereocenters. The zero-order chi connectivity index (χ0) is 21.8. The summed E-state index contributed by atoms with van der Waals surface area (Å²) in [5.41, 5.74) is -0.115. The Bertz CT molecular complexity index is 466. The first-order chi connectivity index (χ1) is 12.9. The maximum Gasteiger partial charge on any atom is 0.339 e. The molecular weight excluding hydrogens is 403 g/mol. The quantitative estimate of drug-likeness (QED) is 0.244. The Morgan fingerprint density at radius 1 is 1.00 bits per heavy atom. The van der Waals surface area contributed by atoms with Gasteiger partial charge in [-0.1, -0.05) is 56.8 Å². The molecule has 6 nitrogen and oxygen atoms in total. The van der Waals surface area contributed by atoms with E-state index in [-0.39, 0.29) is 24.6 Å². The number of nitrogens with one attached hydrogen (secondary N) is 2. The normalized spacial score (nSPS) is 13.3. The Kier molecular flexibility index (Phi) is 13.1. The first-order valence-corrected chi connectivity index (χ1v) is 10.9. The van der Waals surface area contributed by atoms with Crippen molar-refractivity contribution in [3.05, 3.63) is 0 Å². The fourth-order valence-electron chi connectivity index (χ4n) is 2.51. The highest BCUT2D eigenvalue weighted by molar-refractivity contribution is 6.52. The van der Waals surface area contributed by atoms with Crippen molar-refractivity contribution < 1.29 is 19.1 Å². The number of urea groups is 1. The average Bonchev–Trinajstić information content (AvgIpc) is 2.58. The first kappa shape index (κ1) is 27.3. The van der Waals surface area contributed by atoms with E-state index in [4.69, 9.17) is 32.7 Å². The van der Waals surface area contributed by atoms with Crippen LogP contribution in [0.2, 0.25) is 0 Å². The fraction of sp³-hybridized carbons (Fsp3) is 0.900. The van der Waals surface area contributed by atoms with Crippen molar-refractivity contribution in [1.82, 2.24) is 10.6 Å². The Labute approximate surface area is 180 Å². The van der Waals surface area contributed by atoms with Gasteiger partial charge in [0.2, 0.25) is 4.84 Å². The van der Waals surface area contributed by atoms with Gasteiger partial charge in [0.25, 0.3) is 0 Å². The largest absolute Gasteiger partial charge is 0.456 e. The third kappa shape index (κ3) is 15.2. The fourth-order valence-corrected chi connectivity index (χ4v) is 2.61. The molecule has 1 unspecified atom stereocenters. The Morgan fingerprint density at radius 2 is 1.61 bits per heavy atom. The molecule has 0 rings (SSSR count). The van der Waals surface area contributed by atoms with Crippen molar-refractivity contribution in [2.24, 2.45) is 5.41 Å². The molecule has 28 heavy (non-hydrogen) atoms. The van der Waals surface area contributed by atoms with Gasteiger partial charge in [-0.15, -0.1) is 0 Å². The second-order valence-electron chi connectivity index (χ2n) is 8.79. The highest BCUT2D eigenvalue weighted by Crippen LogP contribution is 2.28. The topological polar surface area (TPSA) is 76.7 Å². The van der Waals surface area contributed by atoms with Crippen LogP contribution in [0.3, 0.4) is 0 Å². The lowest BCUT2D eigenvalue weighted by Crippen LogP contribution is -2.44. The summed E-state index contributed by atoms with van der Waals surface area (Å²) in [6, 6.07) is -0.309. The number of carbonyl (C=O) groups excluding carboxylic acids is 2. The number of unbranched alkanes of at least 4 members (excludes halogenated alkanes) is 1. The SMILES string of the molecule is CCCCC(C)(C)CCCNC(=O)NCC(COC(C)(C)C)OC(=O)C(Cl)Cl. The molecule has 0 spiro atoms. The summed E-state index contributed by atoms with van der Waals surface area (Å²) in [6.45, 7) is 13.2. The van der Waals surface area contributed by atoms with Crippen LogP contribution < -0.4 is 10.6 Å². The lowest BCUT2D eigenvalue weighted by Gasteiger charge is -2.25.